The fourth-order valence-electron chi connectivity index (χ4n) is 3.37. The van der Waals surface area contributed by atoms with Crippen LogP contribution >= 0.6 is 0 Å². The third kappa shape index (κ3) is 8.21. The Bertz CT molecular complexity index is 1040. The van der Waals surface area contributed by atoms with Gasteiger partial charge in [-0.05, 0) is 37.1 Å². The number of methoxy groups -OCH3 is 1. The summed E-state index contributed by atoms with van der Waals surface area (Å²) in [4.78, 5) is 40.9. The molecule has 0 aliphatic rings. The van der Waals surface area contributed by atoms with Crippen LogP contribution in [0.1, 0.15) is 51.5 Å². The minimum absolute atomic E-state index is 0.00718. The standard InChI is InChI=1S/C26H32FNO8/c1-15(2)24(36-20-9-7-19(27)8-10-20)17(4)35-26(31)16(3)13-21(30)23-25(34-14-33-18(5)29)22(32-6)11-12-28-23/h7-12,15-17,24H,13-14H2,1-6H3/t16-,17+,24-/m1/s1. The average molecular weight is 506 g/mol. The number of rotatable bonds is 13. The summed E-state index contributed by atoms with van der Waals surface area (Å²) in [6.45, 7) is 7.88. The van der Waals surface area contributed by atoms with Crippen molar-refractivity contribution in [2.45, 2.75) is 53.2 Å². The lowest BCUT2D eigenvalue weighted by Crippen LogP contribution is -2.38. The fraction of sp³-hybridized carbons (Fsp3) is 0.462. The largest absolute Gasteiger partial charge is 0.493 e. The minimum Gasteiger partial charge on any atom is -0.493 e. The highest BCUT2D eigenvalue weighted by atomic mass is 19.1. The van der Waals surface area contributed by atoms with Crippen LogP contribution in [0, 0.1) is 17.7 Å². The van der Waals surface area contributed by atoms with Crippen molar-refractivity contribution in [3.05, 3.63) is 48.0 Å². The van der Waals surface area contributed by atoms with Crippen molar-refractivity contribution < 1.29 is 42.5 Å². The van der Waals surface area contributed by atoms with Crippen LogP contribution in [0.3, 0.4) is 0 Å². The van der Waals surface area contributed by atoms with Crippen LogP contribution in [0.2, 0.25) is 0 Å². The van der Waals surface area contributed by atoms with Gasteiger partial charge in [-0.15, -0.1) is 0 Å². The zero-order valence-electron chi connectivity index (χ0n) is 21.3. The number of halogens is 1. The van der Waals surface area contributed by atoms with Gasteiger partial charge in [0.25, 0.3) is 0 Å². The molecule has 1 aromatic heterocycles. The summed E-state index contributed by atoms with van der Waals surface area (Å²) >= 11 is 0. The molecular formula is C26H32FNO8. The number of esters is 2. The number of carbonyl (C=O) groups excluding carboxylic acids is 3. The lowest BCUT2D eigenvalue weighted by Gasteiger charge is -2.29. The Kier molecular flexibility index (Phi) is 10.6. The first-order chi connectivity index (χ1) is 17.0. The van der Waals surface area contributed by atoms with Gasteiger partial charge in [0.15, 0.2) is 23.0 Å². The summed E-state index contributed by atoms with van der Waals surface area (Å²) in [5.74, 6) is -2.14. The second kappa shape index (κ2) is 13.4. The molecular weight excluding hydrogens is 473 g/mol. The van der Waals surface area contributed by atoms with E-state index >= 15 is 0 Å². The number of hydrogen-bond donors (Lipinski definition) is 0. The summed E-state index contributed by atoms with van der Waals surface area (Å²) < 4.78 is 40.1. The summed E-state index contributed by atoms with van der Waals surface area (Å²) in [6, 6.07) is 7.07. The molecule has 0 N–H and O–H groups in total. The molecule has 0 bridgehead atoms. The smallest absolute Gasteiger partial charge is 0.309 e. The predicted molar refractivity (Wildman–Crippen MR) is 127 cm³/mol. The molecule has 0 saturated heterocycles. The Balaban J connectivity index is 2.06. The monoisotopic (exact) mass is 505 g/mol. The van der Waals surface area contributed by atoms with Crippen molar-refractivity contribution in [3.63, 3.8) is 0 Å². The number of nitrogens with zero attached hydrogens (tertiary/aromatic N) is 1. The number of pyridine rings is 1. The molecule has 1 aromatic carbocycles. The third-order valence-electron chi connectivity index (χ3n) is 5.22. The molecule has 3 atom stereocenters. The molecule has 196 valence electrons. The molecule has 0 amide bonds. The molecule has 0 aliphatic heterocycles. The van der Waals surface area contributed by atoms with Gasteiger partial charge in [-0.2, -0.15) is 0 Å². The molecule has 36 heavy (non-hydrogen) atoms. The van der Waals surface area contributed by atoms with Crippen molar-refractivity contribution in [3.8, 4) is 17.2 Å². The van der Waals surface area contributed by atoms with Gasteiger partial charge in [-0.1, -0.05) is 20.8 Å². The van der Waals surface area contributed by atoms with E-state index in [4.69, 9.17) is 23.7 Å². The number of ketones is 1. The Hall–Kier alpha value is -3.69. The van der Waals surface area contributed by atoms with E-state index in [-0.39, 0.29) is 35.3 Å². The summed E-state index contributed by atoms with van der Waals surface area (Å²) in [5.41, 5.74) is -0.0612. The lowest BCUT2D eigenvalue weighted by molar-refractivity contribution is -0.158. The van der Waals surface area contributed by atoms with Gasteiger partial charge in [0.1, 0.15) is 23.8 Å². The Labute approximate surface area is 209 Å². The topological polar surface area (TPSA) is 110 Å². The van der Waals surface area contributed by atoms with Gasteiger partial charge in [-0.25, -0.2) is 9.37 Å². The van der Waals surface area contributed by atoms with Gasteiger partial charge in [0.2, 0.25) is 6.79 Å². The predicted octanol–water partition coefficient (Wildman–Crippen LogP) is 4.37. The van der Waals surface area contributed by atoms with E-state index in [0.29, 0.717) is 5.75 Å². The number of aromatic nitrogens is 1. The van der Waals surface area contributed by atoms with Gasteiger partial charge in [0, 0.05) is 25.6 Å². The first-order valence-electron chi connectivity index (χ1n) is 11.5. The molecule has 9 nitrogen and oxygen atoms in total. The maximum atomic E-state index is 13.2. The molecule has 0 fully saturated rings. The lowest BCUT2D eigenvalue weighted by atomic mass is 10.0. The second-order valence-corrected chi connectivity index (χ2v) is 8.54. The normalized spacial score (nSPS) is 13.3. The summed E-state index contributed by atoms with van der Waals surface area (Å²) in [5, 5.41) is 0. The summed E-state index contributed by atoms with van der Waals surface area (Å²) in [7, 11) is 1.39. The van der Waals surface area contributed by atoms with Crippen molar-refractivity contribution in [1.29, 1.82) is 0 Å². The van der Waals surface area contributed by atoms with Crippen LogP contribution in [-0.2, 0) is 19.1 Å². The van der Waals surface area contributed by atoms with Crippen molar-refractivity contribution >= 4 is 17.7 Å². The molecule has 0 aliphatic carbocycles. The maximum Gasteiger partial charge on any atom is 0.309 e. The zero-order valence-corrected chi connectivity index (χ0v) is 21.3. The molecule has 2 aromatic rings. The molecule has 2 rings (SSSR count). The molecule has 0 radical (unpaired) electrons. The van der Waals surface area contributed by atoms with E-state index in [1.54, 1.807) is 13.8 Å². The highest BCUT2D eigenvalue weighted by Crippen LogP contribution is 2.31. The molecule has 0 saturated carbocycles. The first-order valence-corrected chi connectivity index (χ1v) is 11.5. The van der Waals surface area contributed by atoms with Crippen molar-refractivity contribution in [2.75, 3.05) is 13.9 Å². The van der Waals surface area contributed by atoms with Crippen molar-refractivity contribution in [2.24, 2.45) is 11.8 Å². The van der Waals surface area contributed by atoms with E-state index in [0.717, 1.165) is 0 Å². The van der Waals surface area contributed by atoms with Crippen LogP contribution < -0.4 is 14.2 Å². The second-order valence-electron chi connectivity index (χ2n) is 8.54. The number of Topliss-reactive ketones (excluding diaryl/α,β-unsaturated/α-hetero) is 1. The quantitative estimate of drug-likeness (QED) is 0.223. The average Bonchev–Trinajstić information content (AvgIpc) is 2.82. The summed E-state index contributed by atoms with van der Waals surface area (Å²) in [6.07, 6.45) is 0.0257. The Morgan fingerprint density at radius 3 is 2.28 bits per heavy atom. The molecule has 10 heteroatoms. The third-order valence-corrected chi connectivity index (χ3v) is 5.22. The van der Waals surface area contributed by atoms with Crippen LogP contribution in [0.5, 0.6) is 17.2 Å². The van der Waals surface area contributed by atoms with Gasteiger partial charge < -0.3 is 23.7 Å². The van der Waals surface area contributed by atoms with E-state index < -0.39 is 42.6 Å². The van der Waals surface area contributed by atoms with Gasteiger partial charge >= 0.3 is 11.9 Å². The minimum atomic E-state index is -0.798. The van der Waals surface area contributed by atoms with Crippen LogP contribution in [0.25, 0.3) is 0 Å². The van der Waals surface area contributed by atoms with Gasteiger partial charge in [-0.3, -0.25) is 14.4 Å². The highest BCUT2D eigenvalue weighted by molar-refractivity contribution is 5.99. The maximum absolute atomic E-state index is 13.2. The van der Waals surface area contributed by atoms with Crippen LogP contribution in [0.15, 0.2) is 36.5 Å². The fourth-order valence-corrected chi connectivity index (χ4v) is 3.37. The van der Waals surface area contributed by atoms with E-state index in [1.165, 1.54) is 50.6 Å². The van der Waals surface area contributed by atoms with E-state index in [1.807, 2.05) is 13.8 Å². The van der Waals surface area contributed by atoms with Crippen molar-refractivity contribution in [1.82, 2.24) is 4.98 Å². The van der Waals surface area contributed by atoms with Gasteiger partial charge in [0.05, 0.1) is 13.0 Å². The zero-order chi connectivity index (χ0) is 26.8. The number of hydrogen-bond acceptors (Lipinski definition) is 9. The number of ether oxygens (including phenoxy) is 5. The Morgan fingerprint density at radius 1 is 1.03 bits per heavy atom. The van der Waals surface area contributed by atoms with E-state index in [9.17, 15) is 18.8 Å². The first kappa shape index (κ1) is 28.5. The number of carbonyl (C=O) groups is 3. The SMILES string of the molecule is COc1ccnc(C(=O)C[C@@H](C)C(=O)O[C@@H](C)[C@H](Oc2ccc(F)cc2)C(C)C)c1OCOC(C)=O. The van der Waals surface area contributed by atoms with E-state index in [2.05, 4.69) is 4.98 Å². The van der Waals surface area contributed by atoms with Crippen LogP contribution in [0.4, 0.5) is 4.39 Å². The Morgan fingerprint density at radius 2 is 1.69 bits per heavy atom. The molecule has 0 unspecified atom stereocenters. The number of benzene rings is 1. The molecule has 1 heterocycles. The molecule has 0 spiro atoms. The van der Waals surface area contributed by atoms with Crippen LogP contribution in [-0.4, -0.2) is 48.8 Å². The highest BCUT2D eigenvalue weighted by Gasteiger charge is 2.30.